The van der Waals surface area contributed by atoms with Crippen LogP contribution in [-0.4, -0.2) is 14.8 Å². The molecule has 0 unspecified atom stereocenters. The number of pyridine rings is 1. The summed E-state index contributed by atoms with van der Waals surface area (Å²) in [6, 6.07) is 3.93. The largest absolute Gasteiger partial charge is 0.326 e. The van der Waals surface area contributed by atoms with Crippen LogP contribution in [0.15, 0.2) is 30.7 Å². The smallest absolute Gasteiger partial charge is 0.153 e. The summed E-state index contributed by atoms with van der Waals surface area (Å²) >= 11 is 0. The standard InChI is InChI=1S/C10H12N4/c1-8-2-3-12-10(4-8)14-7-9(5-11)6-13-14/h2-4,6-7H,5,11H2,1H3. The van der Waals surface area contributed by atoms with Gasteiger partial charge in [-0.2, -0.15) is 5.10 Å². The Hall–Kier alpha value is -1.68. The molecule has 4 heteroatoms. The molecule has 0 aliphatic carbocycles. The van der Waals surface area contributed by atoms with E-state index in [1.807, 2.05) is 25.3 Å². The zero-order valence-electron chi connectivity index (χ0n) is 8.01. The quantitative estimate of drug-likeness (QED) is 0.766. The van der Waals surface area contributed by atoms with Crippen molar-refractivity contribution >= 4 is 0 Å². The molecule has 0 aliphatic rings. The monoisotopic (exact) mass is 188 g/mol. The van der Waals surface area contributed by atoms with Gasteiger partial charge in [0.2, 0.25) is 0 Å². The van der Waals surface area contributed by atoms with E-state index in [4.69, 9.17) is 5.73 Å². The molecule has 2 heterocycles. The molecule has 2 aromatic rings. The van der Waals surface area contributed by atoms with Gasteiger partial charge in [-0.05, 0) is 24.6 Å². The number of nitrogens with zero attached hydrogens (tertiary/aromatic N) is 3. The highest BCUT2D eigenvalue weighted by Crippen LogP contribution is 2.06. The maximum Gasteiger partial charge on any atom is 0.153 e. The molecule has 2 N–H and O–H groups in total. The van der Waals surface area contributed by atoms with Gasteiger partial charge in [-0.3, -0.25) is 0 Å². The number of rotatable bonds is 2. The van der Waals surface area contributed by atoms with Crippen LogP contribution >= 0.6 is 0 Å². The topological polar surface area (TPSA) is 56.7 Å². The van der Waals surface area contributed by atoms with E-state index in [1.54, 1.807) is 17.1 Å². The highest BCUT2D eigenvalue weighted by atomic mass is 15.3. The second-order valence-corrected chi connectivity index (χ2v) is 3.19. The van der Waals surface area contributed by atoms with Gasteiger partial charge in [0.1, 0.15) is 0 Å². The van der Waals surface area contributed by atoms with Crippen LogP contribution in [0.4, 0.5) is 0 Å². The summed E-state index contributed by atoms with van der Waals surface area (Å²) in [7, 11) is 0. The maximum atomic E-state index is 5.50. The van der Waals surface area contributed by atoms with Gasteiger partial charge in [0.15, 0.2) is 5.82 Å². The molecular formula is C10H12N4. The van der Waals surface area contributed by atoms with Crippen LogP contribution in [0.25, 0.3) is 5.82 Å². The van der Waals surface area contributed by atoms with Gasteiger partial charge in [0, 0.05) is 24.5 Å². The van der Waals surface area contributed by atoms with Crippen molar-refractivity contribution in [3.05, 3.63) is 41.9 Å². The lowest BCUT2D eigenvalue weighted by Crippen LogP contribution is -1.98. The number of aromatic nitrogens is 3. The Balaban J connectivity index is 2.39. The fourth-order valence-electron chi connectivity index (χ4n) is 1.24. The average Bonchev–Trinajstić information content (AvgIpc) is 2.66. The average molecular weight is 188 g/mol. The molecule has 0 spiro atoms. The molecule has 2 aromatic heterocycles. The van der Waals surface area contributed by atoms with Gasteiger partial charge < -0.3 is 5.73 Å². The van der Waals surface area contributed by atoms with Crippen LogP contribution in [-0.2, 0) is 6.54 Å². The summed E-state index contributed by atoms with van der Waals surface area (Å²) in [6.07, 6.45) is 5.42. The van der Waals surface area contributed by atoms with Crippen molar-refractivity contribution in [1.29, 1.82) is 0 Å². The van der Waals surface area contributed by atoms with Gasteiger partial charge in [-0.25, -0.2) is 9.67 Å². The Morgan fingerprint density at radius 2 is 2.36 bits per heavy atom. The minimum atomic E-state index is 0.506. The summed E-state index contributed by atoms with van der Waals surface area (Å²) in [6.45, 7) is 2.53. The molecule has 0 fully saturated rings. The van der Waals surface area contributed by atoms with E-state index in [0.717, 1.165) is 11.4 Å². The zero-order chi connectivity index (χ0) is 9.97. The first kappa shape index (κ1) is 8.90. The third-order valence-electron chi connectivity index (χ3n) is 2.01. The molecule has 72 valence electrons. The van der Waals surface area contributed by atoms with Gasteiger partial charge in [-0.1, -0.05) is 0 Å². The van der Waals surface area contributed by atoms with Crippen molar-refractivity contribution < 1.29 is 0 Å². The minimum Gasteiger partial charge on any atom is -0.326 e. The molecule has 0 atom stereocenters. The summed E-state index contributed by atoms with van der Waals surface area (Å²) < 4.78 is 1.73. The molecule has 0 saturated carbocycles. The lowest BCUT2D eigenvalue weighted by atomic mass is 10.3. The predicted molar refractivity (Wildman–Crippen MR) is 54.0 cm³/mol. The third kappa shape index (κ3) is 1.65. The number of hydrogen-bond acceptors (Lipinski definition) is 3. The summed E-state index contributed by atoms with van der Waals surface area (Å²) in [5.74, 6) is 0.824. The Kier molecular flexibility index (Phi) is 2.28. The number of hydrogen-bond donors (Lipinski definition) is 1. The number of aryl methyl sites for hydroxylation is 1. The van der Waals surface area contributed by atoms with E-state index in [1.165, 1.54) is 5.56 Å². The first-order valence-corrected chi connectivity index (χ1v) is 4.46. The molecule has 14 heavy (non-hydrogen) atoms. The normalized spacial score (nSPS) is 10.4. The Labute approximate surface area is 82.4 Å². The lowest BCUT2D eigenvalue weighted by molar-refractivity contribution is 0.844. The SMILES string of the molecule is Cc1ccnc(-n2cc(CN)cn2)c1. The Morgan fingerprint density at radius 1 is 1.50 bits per heavy atom. The van der Waals surface area contributed by atoms with Gasteiger partial charge in [0.25, 0.3) is 0 Å². The van der Waals surface area contributed by atoms with Crippen LogP contribution < -0.4 is 5.73 Å². The lowest BCUT2D eigenvalue weighted by Gasteiger charge is -1.99. The maximum absolute atomic E-state index is 5.50. The van der Waals surface area contributed by atoms with Crippen molar-refractivity contribution in [1.82, 2.24) is 14.8 Å². The van der Waals surface area contributed by atoms with E-state index in [9.17, 15) is 0 Å². The van der Waals surface area contributed by atoms with E-state index in [-0.39, 0.29) is 0 Å². The number of nitrogens with two attached hydrogens (primary N) is 1. The molecule has 0 bridgehead atoms. The van der Waals surface area contributed by atoms with Crippen LogP contribution in [0.3, 0.4) is 0 Å². The van der Waals surface area contributed by atoms with Crippen molar-refractivity contribution in [2.24, 2.45) is 5.73 Å². The Bertz CT molecular complexity index is 433. The van der Waals surface area contributed by atoms with E-state index in [2.05, 4.69) is 10.1 Å². The Morgan fingerprint density at radius 3 is 3.00 bits per heavy atom. The molecule has 0 saturated heterocycles. The highest BCUT2D eigenvalue weighted by molar-refractivity contribution is 5.26. The van der Waals surface area contributed by atoms with Crippen molar-refractivity contribution in [3.8, 4) is 5.82 Å². The fraction of sp³-hybridized carbons (Fsp3) is 0.200. The second kappa shape index (κ2) is 3.59. The van der Waals surface area contributed by atoms with Crippen molar-refractivity contribution in [3.63, 3.8) is 0 Å². The van der Waals surface area contributed by atoms with Gasteiger partial charge in [-0.15, -0.1) is 0 Å². The van der Waals surface area contributed by atoms with E-state index < -0.39 is 0 Å². The van der Waals surface area contributed by atoms with Crippen LogP contribution in [0.2, 0.25) is 0 Å². The van der Waals surface area contributed by atoms with Crippen molar-refractivity contribution in [2.75, 3.05) is 0 Å². The van der Waals surface area contributed by atoms with Crippen LogP contribution in [0, 0.1) is 6.92 Å². The summed E-state index contributed by atoms with van der Waals surface area (Å²) in [5.41, 5.74) is 7.67. The van der Waals surface area contributed by atoms with E-state index >= 15 is 0 Å². The highest BCUT2D eigenvalue weighted by Gasteiger charge is 2.00. The minimum absolute atomic E-state index is 0.506. The molecule has 4 nitrogen and oxygen atoms in total. The first-order chi connectivity index (χ1) is 6.79. The van der Waals surface area contributed by atoms with Crippen molar-refractivity contribution in [2.45, 2.75) is 13.5 Å². The second-order valence-electron chi connectivity index (χ2n) is 3.19. The summed E-state index contributed by atoms with van der Waals surface area (Å²) in [5, 5.41) is 4.17. The van der Waals surface area contributed by atoms with E-state index in [0.29, 0.717) is 6.54 Å². The molecular weight excluding hydrogens is 176 g/mol. The van der Waals surface area contributed by atoms with Gasteiger partial charge in [0.05, 0.1) is 6.20 Å². The van der Waals surface area contributed by atoms with Crippen LogP contribution in [0.1, 0.15) is 11.1 Å². The zero-order valence-corrected chi connectivity index (χ0v) is 8.01. The summed E-state index contributed by atoms with van der Waals surface area (Å²) in [4.78, 5) is 4.22. The third-order valence-corrected chi connectivity index (χ3v) is 2.01. The first-order valence-electron chi connectivity index (χ1n) is 4.46. The predicted octanol–water partition coefficient (Wildman–Crippen LogP) is 1.03. The van der Waals surface area contributed by atoms with Gasteiger partial charge >= 0.3 is 0 Å². The molecule has 0 aliphatic heterocycles. The fourth-order valence-corrected chi connectivity index (χ4v) is 1.24. The molecule has 0 amide bonds. The molecule has 0 radical (unpaired) electrons. The molecule has 0 aromatic carbocycles. The van der Waals surface area contributed by atoms with Crippen LogP contribution in [0.5, 0.6) is 0 Å². The molecule has 2 rings (SSSR count).